The Morgan fingerprint density at radius 2 is 2.11 bits per heavy atom. The second-order valence-corrected chi connectivity index (χ2v) is 4.65. The smallest absolute Gasteiger partial charge is 0.338 e. The third-order valence-electron chi connectivity index (χ3n) is 2.32. The molecule has 0 fully saturated rings. The summed E-state index contributed by atoms with van der Waals surface area (Å²) in [6.45, 7) is 0.297. The Labute approximate surface area is 115 Å². The first-order valence-corrected chi connectivity index (χ1v) is 6.05. The van der Waals surface area contributed by atoms with Crippen LogP contribution in [-0.4, -0.2) is 17.2 Å². The lowest BCUT2D eigenvalue weighted by Gasteiger charge is -2.10. The van der Waals surface area contributed by atoms with E-state index >= 15 is 0 Å². The van der Waals surface area contributed by atoms with Gasteiger partial charge < -0.3 is 9.84 Å². The summed E-state index contributed by atoms with van der Waals surface area (Å²) in [5.41, 5.74) is -0.916. The Kier molecular flexibility index (Phi) is 3.91. The minimum absolute atomic E-state index is 0.0786. The topological polar surface area (TPSA) is 51.0 Å². The van der Waals surface area contributed by atoms with Crippen molar-refractivity contribution in [3.63, 3.8) is 0 Å². The molecule has 19 heavy (non-hydrogen) atoms. The van der Waals surface area contributed by atoms with Gasteiger partial charge in [0.25, 0.3) is 0 Å². The molecule has 0 bridgehead atoms. The summed E-state index contributed by atoms with van der Waals surface area (Å²) in [6, 6.07) is 3.79. The van der Waals surface area contributed by atoms with E-state index in [2.05, 4.69) is 31.4 Å². The van der Waals surface area contributed by atoms with Gasteiger partial charge in [-0.1, -0.05) is 21.1 Å². The van der Waals surface area contributed by atoms with Crippen LogP contribution in [0.15, 0.2) is 27.2 Å². The highest BCUT2D eigenvalue weighted by Gasteiger charge is 2.35. The maximum Gasteiger partial charge on any atom is 0.417 e. The fourth-order valence-corrected chi connectivity index (χ4v) is 1.89. The number of hydrogen-bond donors (Lipinski definition) is 1. The largest absolute Gasteiger partial charge is 0.417 e. The number of nitrogens with zero attached hydrogens (tertiary/aromatic N) is 2. The Balaban J connectivity index is 2.48. The molecule has 0 radical (unpaired) electrons. The van der Waals surface area contributed by atoms with Crippen LogP contribution in [0.4, 0.5) is 13.2 Å². The lowest BCUT2D eigenvalue weighted by Crippen LogP contribution is -2.08. The molecular weight excluding hydrogens is 327 g/mol. The number of aromatic nitrogens is 2. The second kappa shape index (κ2) is 5.30. The van der Waals surface area contributed by atoms with Crippen LogP contribution in [0.5, 0.6) is 0 Å². The van der Waals surface area contributed by atoms with Gasteiger partial charge in [-0.05, 0) is 25.2 Å². The van der Waals surface area contributed by atoms with Crippen LogP contribution in [-0.2, 0) is 12.7 Å². The maximum atomic E-state index is 12.9. The van der Waals surface area contributed by atoms with Crippen molar-refractivity contribution in [2.75, 3.05) is 7.05 Å². The SMILES string of the molecule is CNCc1nc(-c2ccc(Br)cc2C(F)(F)F)no1. The molecule has 0 amide bonds. The zero-order valence-electron chi connectivity index (χ0n) is 9.75. The van der Waals surface area contributed by atoms with Crippen molar-refractivity contribution in [1.82, 2.24) is 15.5 Å². The Bertz CT molecular complexity index is 583. The standard InChI is InChI=1S/C11H9BrF3N3O/c1-16-5-9-17-10(18-19-9)7-3-2-6(12)4-8(7)11(13,14)15/h2-4,16H,5H2,1H3. The zero-order chi connectivity index (χ0) is 14.0. The summed E-state index contributed by atoms with van der Waals surface area (Å²) in [6.07, 6.45) is -4.48. The highest BCUT2D eigenvalue weighted by Crippen LogP contribution is 2.37. The Morgan fingerprint density at radius 1 is 1.37 bits per heavy atom. The number of benzene rings is 1. The molecule has 2 rings (SSSR count). The molecule has 0 aliphatic rings. The fourth-order valence-electron chi connectivity index (χ4n) is 1.53. The maximum absolute atomic E-state index is 12.9. The van der Waals surface area contributed by atoms with Crippen LogP contribution in [0.2, 0.25) is 0 Å². The van der Waals surface area contributed by atoms with Crippen molar-refractivity contribution in [2.24, 2.45) is 0 Å². The third kappa shape index (κ3) is 3.13. The van der Waals surface area contributed by atoms with E-state index in [-0.39, 0.29) is 17.3 Å². The average molecular weight is 336 g/mol. The van der Waals surface area contributed by atoms with Gasteiger partial charge in [-0.25, -0.2) is 0 Å². The molecule has 0 aliphatic carbocycles. The molecule has 1 heterocycles. The van der Waals surface area contributed by atoms with Crippen molar-refractivity contribution in [3.05, 3.63) is 34.1 Å². The van der Waals surface area contributed by atoms with Crippen molar-refractivity contribution < 1.29 is 17.7 Å². The molecule has 1 N–H and O–H groups in total. The van der Waals surface area contributed by atoms with Crippen LogP contribution in [0.3, 0.4) is 0 Å². The number of hydrogen-bond acceptors (Lipinski definition) is 4. The molecule has 0 spiro atoms. The van der Waals surface area contributed by atoms with Gasteiger partial charge in [0.15, 0.2) is 0 Å². The van der Waals surface area contributed by atoms with Gasteiger partial charge in [-0.3, -0.25) is 0 Å². The Morgan fingerprint density at radius 3 is 2.74 bits per heavy atom. The van der Waals surface area contributed by atoms with Crippen LogP contribution in [0.1, 0.15) is 11.5 Å². The van der Waals surface area contributed by atoms with Gasteiger partial charge in [-0.2, -0.15) is 18.2 Å². The van der Waals surface area contributed by atoms with E-state index in [0.717, 1.165) is 6.07 Å². The van der Waals surface area contributed by atoms with E-state index in [0.29, 0.717) is 11.0 Å². The second-order valence-electron chi connectivity index (χ2n) is 3.73. The molecule has 0 atom stereocenters. The van der Waals surface area contributed by atoms with Gasteiger partial charge in [0.2, 0.25) is 11.7 Å². The van der Waals surface area contributed by atoms with E-state index < -0.39 is 11.7 Å². The summed E-state index contributed by atoms with van der Waals surface area (Å²) in [7, 11) is 1.67. The monoisotopic (exact) mass is 335 g/mol. The van der Waals surface area contributed by atoms with Crippen LogP contribution in [0, 0.1) is 0 Å². The predicted molar refractivity (Wildman–Crippen MR) is 65.2 cm³/mol. The minimum atomic E-state index is -4.48. The number of halogens is 4. The van der Waals surface area contributed by atoms with Gasteiger partial charge in [-0.15, -0.1) is 0 Å². The first-order valence-electron chi connectivity index (χ1n) is 5.26. The molecule has 1 aromatic heterocycles. The van der Waals surface area contributed by atoms with E-state index in [9.17, 15) is 13.2 Å². The first-order chi connectivity index (χ1) is 8.91. The van der Waals surface area contributed by atoms with Crippen molar-refractivity contribution in [1.29, 1.82) is 0 Å². The molecule has 1 aromatic carbocycles. The van der Waals surface area contributed by atoms with Crippen molar-refractivity contribution in [2.45, 2.75) is 12.7 Å². The van der Waals surface area contributed by atoms with Crippen molar-refractivity contribution in [3.8, 4) is 11.4 Å². The molecular formula is C11H9BrF3N3O. The Hall–Kier alpha value is -1.41. The lowest BCUT2D eigenvalue weighted by atomic mass is 10.1. The number of nitrogens with one attached hydrogen (secondary N) is 1. The summed E-state index contributed by atoms with van der Waals surface area (Å²) >= 11 is 3.02. The minimum Gasteiger partial charge on any atom is -0.338 e. The van der Waals surface area contributed by atoms with E-state index in [1.807, 2.05) is 0 Å². The highest BCUT2D eigenvalue weighted by molar-refractivity contribution is 9.10. The quantitative estimate of drug-likeness (QED) is 0.935. The molecule has 2 aromatic rings. The number of rotatable bonds is 3. The van der Waals surface area contributed by atoms with Crippen LogP contribution < -0.4 is 5.32 Å². The van der Waals surface area contributed by atoms with Gasteiger partial charge in [0.1, 0.15) is 0 Å². The molecule has 8 heteroatoms. The first kappa shape index (κ1) is 14.0. The summed E-state index contributed by atoms with van der Waals surface area (Å²) in [4.78, 5) is 3.92. The molecule has 0 aliphatic heterocycles. The van der Waals surface area contributed by atoms with E-state index in [4.69, 9.17) is 4.52 Å². The normalized spacial score (nSPS) is 11.8. The molecule has 0 saturated heterocycles. The summed E-state index contributed by atoms with van der Waals surface area (Å²) in [5.74, 6) is 0.151. The van der Waals surface area contributed by atoms with Crippen molar-refractivity contribution >= 4 is 15.9 Å². The molecule has 0 unspecified atom stereocenters. The van der Waals surface area contributed by atoms with E-state index in [1.54, 1.807) is 7.05 Å². The highest BCUT2D eigenvalue weighted by atomic mass is 79.9. The lowest BCUT2D eigenvalue weighted by molar-refractivity contribution is -0.137. The zero-order valence-corrected chi connectivity index (χ0v) is 11.3. The van der Waals surface area contributed by atoms with Gasteiger partial charge >= 0.3 is 6.18 Å². The number of alkyl halides is 3. The van der Waals surface area contributed by atoms with Crippen LogP contribution >= 0.6 is 15.9 Å². The molecule has 0 saturated carbocycles. The summed E-state index contributed by atoms with van der Waals surface area (Å²) < 4.78 is 44.0. The third-order valence-corrected chi connectivity index (χ3v) is 2.82. The summed E-state index contributed by atoms with van der Waals surface area (Å²) in [5, 5.41) is 6.34. The van der Waals surface area contributed by atoms with Gasteiger partial charge in [0.05, 0.1) is 12.1 Å². The predicted octanol–water partition coefficient (Wildman–Crippen LogP) is 3.24. The molecule has 102 valence electrons. The fraction of sp³-hybridized carbons (Fsp3) is 0.273. The van der Waals surface area contributed by atoms with Gasteiger partial charge in [0, 0.05) is 10.0 Å². The average Bonchev–Trinajstić information content (AvgIpc) is 2.77. The van der Waals surface area contributed by atoms with E-state index in [1.165, 1.54) is 12.1 Å². The molecule has 4 nitrogen and oxygen atoms in total. The van der Waals surface area contributed by atoms with Crippen LogP contribution in [0.25, 0.3) is 11.4 Å².